The molecule has 2 aromatic heterocycles. The summed E-state index contributed by atoms with van der Waals surface area (Å²) in [7, 11) is 0. The third-order valence-electron chi connectivity index (χ3n) is 7.96. The van der Waals surface area contributed by atoms with E-state index < -0.39 is 30.0 Å². The molecule has 0 aliphatic carbocycles. The number of hydrogen-bond acceptors (Lipinski definition) is 9. The molecular formula is C29H36IN5O7S2. The monoisotopic (exact) mass is 757 g/mol. The number of β-lactam (4-membered cyclic amide) rings is 1. The van der Waals surface area contributed by atoms with Gasteiger partial charge in [0.25, 0.3) is 5.91 Å². The van der Waals surface area contributed by atoms with E-state index >= 15 is 0 Å². The first-order chi connectivity index (χ1) is 20.5. The van der Waals surface area contributed by atoms with E-state index in [2.05, 4.69) is 13.2 Å². The first-order valence-electron chi connectivity index (χ1n) is 14.1. The molecule has 0 saturated carbocycles. The third kappa shape index (κ3) is 6.55. The number of aromatic nitrogens is 2. The Hall–Kier alpha value is -2.89. The quantitative estimate of drug-likeness (QED) is 0.0886. The predicted molar refractivity (Wildman–Crippen MR) is 160 cm³/mol. The molecule has 3 aliphatic rings. The van der Waals surface area contributed by atoms with Gasteiger partial charge in [-0.1, -0.05) is 43.6 Å². The second-order valence-corrected chi connectivity index (χ2v) is 13.5. The number of nitrogens with zero attached hydrogens (tertiary/aromatic N) is 4. The van der Waals surface area contributed by atoms with Crippen LogP contribution in [0.5, 0.6) is 0 Å². The molecule has 2 saturated heterocycles. The highest BCUT2D eigenvalue weighted by atomic mass is 127. The summed E-state index contributed by atoms with van der Waals surface area (Å²) >= 11 is 3.05. The molecule has 2 fully saturated rings. The van der Waals surface area contributed by atoms with Gasteiger partial charge in [-0.25, -0.2) is 14.2 Å². The topological polar surface area (TPSA) is 148 Å². The van der Waals surface area contributed by atoms with E-state index in [0.717, 1.165) is 14.6 Å². The van der Waals surface area contributed by atoms with Crippen LogP contribution in [-0.4, -0.2) is 86.4 Å². The van der Waals surface area contributed by atoms with Gasteiger partial charge in [-0.2, -0.15) is 4.40 Å². The smallest absolute Gasteiger partial charge is 0.410 e. The summed E-state index contributed by atoms with van der Waals surface area (Å²) in [5.41, 5.74) is 5.53. The van der Waals surface area contributed by atoms with E-state index in [1.165, 1.54) is 28.8 Å². The number of thiazole rings is 1. The maximum absolute atomic E-state index is 13.2. The number of ether oxygens (including phenoxy) is 2. The summed E-state index contributed by atoms with van der Waals surface area (Å²) in [5.74, 6) is -2.11. The number of esters is 1. The summed E-state index contributed by atoms with van der Waals surface area (Å²) in [6.45, 7) is 11.4. The number of rotatable bonds is 12. The van der Waals surface area contributed by atoms with Gasteiger partial charge in [0.1, 0.15) is 31.3 Å². The minimum atomic E-state index is -0.848. The molecule has 5 heterocycles. The Morgan fingerprint density at radius 1 is 1.27 bits per heavy atom. The van der Waals surface area contributed by atoms with E-state index in [9.17, 15) is 24.3 Å². The summed E-state index contributed by atoms with van der Waals surface area (Å²) in [5, 5.41) is 10.2. The van der Waals surface area contributed by atoms with Crippen LogP contribution in [0.25, 0.3) is 4.83 Å². The first-order valence-corrected chi connectivity index (χ1v) is 15.8. The van der Waals surface area contributed by atoms with Crippen LogP contribution in [0.3, 0.4) is 0 Å². The number of aliphatic hydroxyl groups is 1. The fourth-order valence-corrected chi connectivity index (χ4v) is 8.85. The van der Waals surface area contributed by atoms with Crippen molar-refractivity contribution >= 4 is 51.8 Å². The van der Waals surface area contributed by atoms with Gasteiger partial charge in [-0.15, -0.1) is 11.8 Å². The van der Waals surface area contributed by atoms with Gasteiger partial charge in [0.15, 0.2) is 6.54 Å². The van der Waals surface area contributed by atoms with E-state index in [1.54, 1.807) is 34.1 Å². The molecule has 0 radical (unpaired) electrons. The highest BCUT2D eigenvalue weighted by Gasteiger charge is 2.60. The van der Waals surface area contributed by atoms with Gasteiger partial charge in [-0.05, 0) is 13.3 Å². The summed E-state index contributed by atoms with van der Waals surface area (Å²) < 4.78 is 14.4. The zero-order valence-corrected chi connectivity index (χ0v) is 28.3. The zero-order valence-electron chi connectivity index (χ0n) is 24.5. The van der Waals surface area contributed by atoms with E-state index in [4.69, 9.17) is 15.2 Å². The number of thioether (sulfide) groups is 1. The molecule has 0 unspecified atom stereocenters. The Morgan fingerprint density at radius 2 is 1.98 bits per heavy atom. The predicted octanol–water partition coefficient (Wildman–Crippen LogP) is -1.38. The number of carbonyl (C=O) groups is 4. The molecule has 12 nitrogen and oxygen atoms in total. The van der Waals surface area contributed by atoms with E-state index in [-0.39, 0.29) is 78.6 Å². The second kappa shape index (κ2) is 14.0. The number of amides is 3. The van der Waals surface area contributed by atoms with E-state index in [1.807, 2.05) is 23.7 Å². The fourth-order valence-electron chi connectivity index (χ4n) is 6.18. The molecule has 44 heavy (non-hydrogen) atoms. The molecule has 5 rings (SSSR count). The van der Waals surface area contributed by atoms with E-state index in [0.29, 0.717) is 19.4 Å². The largest absolute Gasteiger partial charge is 1.00 e. The lowest BCUT2D eigenvalue weighted by Crippen LogP contribution is -3.00. The van der Waals surface area contributed by atoms with Crippen molar-refractivity contribution in [2.24, 2.45) is 17.6 Å². The molecule has 3 amide bonds. The van der Waals surface area contributed by atoms with Crippen LogP contribution in [0.2, 0.25) is 0 Å². The van der Waals surface area contributed by atoms with Crippen LogP contribution in [0.4, 0.5) is 4.79 Å². The lowest BCUT2D eigenvalue weighted by Gasteiger charge is -2.46. The summed E-state index contributed by atoms with van der Waals surface area (Å²) in [6, 6.07) is -0.507. The zero-order chi connectivity index (χ0) is 31.0. The molecule has 6 atom stereocenters. The summed E-state index contributed by atoms with van der Waals surface area (Å²) in [4.78, 5) is 56.5. The number of primary amides is 1. The van der Waals surface area contributed by atoms with Gasteiger partial charge in [0.05, 0.1) is 22.9 Å². The standard InChI is InChI=1S/C29H35N5O7S2.HI/c1-5-7-40-28(38)25-26(16(3)24-23(17(4)35)27(37)34(24)25)43-20-10-18(33(12-20)29(39)41-8-6-2)9-19-11-32-15-31(13-21(30)36)14-22(32)42-19;/h5-6,11,14-18,20,23-24,35H,1-2,7-10,12-13H2,3-4H3,(H-,30,36);1H/t16-,17-,18-,20+,23-,24-;/m1./s1. The molecule has 0 aromatic carbocycles. The second-order valence-electron chi connectivity index (χ2n) is 11.0. The molecule has 0 bridgehead atoms. The van der Waals surface area contributed by atoms with Crippen LogP contribution in [0.1, 0.15) is 25.1 Å². The lowest BCUT2D eigenvalue weighted by atomic mass is 9.79. The Bertz CT molecular complexity index is 1470. The first kappa shape index (κ1) is 34.0. The highest BCUT2D eigenvalue weighted by Crippen LogP contribution is 2.52. The van der Waals surface area contributed by atoms with Gasteiger partial charge in [0, 0.05) is 35.1 Å². The van der Waals surface area contributed by atoms with Crippen molar-refractivity contribution in [1.29, 1.82) is 0 Å². The molecule has 2 aromatic rings. The molecule has 3 N–H and O–H groups in total. The third-order valence-corrected chi connectivity index (χ3v) is 10.5. The number of nitrogens with two attached hydrogens (primary N) is 1. The molecule has 15 heteroatoms. The Morgan fingerprint density at radius 3 is 2.61 bits per heavy atom. The average Bonchev–Trinajstić information content (AvgIpc) is 3.67. The number of likely N-dealkylation sites (tertiary alicyclic amines) is 1. The minimum Gasteiger partial charge on any atom is -1.00 e. The van der Waals surface area contributed by atoms with Gasteiger partial charge in [-0.3, -0.25) is 9.59 Å². The molecule has 0 spiro atoms. The maximum Gasteiger partial charge on any atom is 0.410 e. The SMILES string of the molecule is C=CCOC(=O)C1=C(S[C@H]2C[C@@H](Cc3cn4c[n+](CC(N)=O)cc4s3)N(C(=O)OCC=C)C2)[C@H](C)[C@@H]2[C@@H]([C@@H](C)O)C(=O)N12.[I-]. The van der Waals surface area contributed by atoms with Crippen molar-refractivity contribution in [2.75, 3.05) is 19.8 Å². The van der Waals surface area contributed by atoms with Crippen molar-refractivity contribution in [3.05, 3.63) is 59.5 Å². The van der Waals surface area contributed by atoms with Crippen LogP contribution in [-0.2, 0) is 36.8 Å². The van der Waals surface area contributed by atoms with Crippen molar-refractivity contribution in [3.8, 4) is 0 Å². The van der Waals surface area contributed by atoms with Gasteiger partial charge < -0.3 is 54.1 Å². The molecule has 238 valence electrons. The number of fused-ring (bicyclic) bond motifs is 2. The molecular weight excluding hydrogens is 721 g/mol. The van der Waals surface area contributed by atoms with Crippen LogP contribution < -0.4 is 34.3 Å². The lowest BCUT2D eigenvalue weighted by molar-refractivity contribution is -0.682. The number of aliphatic hydroxyl groups excluding tert-OH is 1. The molecule has 3 aliphatic heterocycles. The van der Waals surface area contributed by atoms with Crippen molar-refractivity contribution in [1.82, 2.24) is 14.2 Å². The van der Waals surface area contributed by atoms with Crippen molar-refractivity contribution < 1.29 is 62.3 Å². The van der Waals surface area contributed by atoms with Gasteiger partial charge >= 0.3 is 12.1 Å². The number of hydrogen-bond donors (Lipinski definition) is 2. The van der Waals surface area contributed by atoms with Gasteiger partial charge in [0.2, 0.25) is 17.1 Å². The number of imidazole rings is 1. The average molecular weight is 758 g/mol. The normalized spacial score (nSPS) is 24.9. The fraction of sp³-hybridized carbons (Fsp3) is 0.483. The Kier molecular flexibility index (Phi) is 10.8. The van der Waals surface area contributed by atoms with Crippen LogP contribution >= 0.6 is 23.1 Å². The Labute approximate surface area is 280 Å². The van der Waals surface area contributed by atoms with Crippen molar-refractivity contribution in [3.63, 3.8) is 0 Å². The highest BCUT2D eigenvalue weighted by molar-refractivity contribution is 8.03. The van der Waals surface area contributed by atoms with Crippen LogP contribution in [0, 0.1) is 11.8 Å². The maximum atomic E-state index is 13.2. The number of carbonyl (C=O) groups excluding carboxylic acids is 4. The van der Waals surface area contributed by atoms with Crippen molar-refractivity contribution in [2.45, 2.75) is 56.7 Å². The number of halogens is 1. The summed E-state index contributed by atoms with van der Waals surface area (Å²) in [6.07, 6.45) is 8.55. The van der Waals surface area contributed by atoms with Crippen LogP contribution in [0.15, 0.2) is 54.6 Å². The Balaban J connectivity index is 0.00000442. The minimum absolute atomic E-state index is 0.